The van der Waals surface area contributed by atoms with Gasteiger partial charge in [-0.05, 0) is 20.8 Å². The van der Waals surface area contributed by atoms with E-state index in [1.165, 1.54) is 28.9 Å². The van der Waals surface area contributed by atoms with E-state index < -0.39 is 0 Å². The standard InChI is InChI=1S/C9H14N2OS.C8H12N2O2S.2CH4/c1-6-9(5-13-8(3)12)7(2)11(4)10-6;1-5-7(4-13-6(2)11)8(12)10(3)9-5;;/h5H2,1-4H3;9H,4H2,1-3H3;2*1H4. The molecule has 2 aromatic rings. The van der Waals surface area contributed by atoms with Gasteiger partial charge in [0, 0.05) is 62.0 Å². The van der Waals surface area contributed by atoms with Crippen LogP contribution < -0.4 is 5.56 Å². The van der Waals surface area contributed by atoms with E-state index in [2.05, 4.69) is 10.2 Å². The molecule has 0 unspecified atom stereocenters. The van der Waals surface area contributed by atoms with Crippen LogP contribution in [0, 0.1) is 20.8 Å². The van der Waals surface area contributed by atoms with Crippen molar-refractivity contribution in [2.75, 3.05) is 0 Å². The summed E-state index contributed by atoms with van der Waals surface area (Å²) >= 11 is 2.49. The molecule has 0 aromatic carbocycles. The van der Waals surface area contributed by atoms with Crippen LogP contribution in [0.15, 0.2) is 4.79 Å². The van der Waals surface area contributed by atoms with Crippen molar-refractivity contribution in [3.05, 3.63) is 38.6 Å². The molecular weight excluding hydrogens is 396 g/mol. The lowest BCUT2D eigenvalue weighted by molar-refractivity contribution is -0.109. The van der Waals surface area contributed by atoms with Gasteiger partial charge in [-0.3, -0.25) is 28.8 Å². The second-order valence-corrected chi connectivity index (χ2v) is 8.22. The number of aromatic nitrogens is 4. The van der Waals surface area contributed by atoms with Crippen molar-refractivity contribution < 1.29 is 9.59 Å². The zero-order chi connectivity index (χ0) is 20.0. The molecular formula is C19H34N4O3S2. The van der Waals surface area contributed by atoms with E-state index in [1.807, 2.05) is 32.5 Å². The fourth-order valence-electron chi connectivity index (χ4n) is 2.28. The number of H-pyrrole nitrogens is 1. The largest absolute Gasteiger partial charge is 0.300 e. The highest BCUT2D eigenvalue weighted by molar-refractivity contribution is 8.13. The van der Waals surface area contributed by atoms with Crippen LogP contribution in [0.2, 0.25) is 0 Å². The lowest BCUT2D eigenvalue weighted by Crippen LogP contribution is -2.14. The third-order valence-corrected chi connectivity index (χ3v) is 5.53. The first-order valence-corrected chi connectivity index (χ1v) is 10.0. The molecule has 2 aromatic heterocycles. The first-order valence-electron chi connectivity index (χ1n) is 8.04. The molecule has 0 aliphatic rings. The Labute approximate surface area is 176 Å². The normalized spacial score (nSPS) is 9.68. The number of nitrogens with zero attached hydrogens (tertiary/aromatic N) is 3. The van der Waals surface area contributed by atoms with Gasteiger partial charge >= 0.3 is 0 Å². The summed E-state index contributed by atoms with van der Waals surface area (Å²) in [6.07, 6.45) is 0. The number of aromatic amines is 1. The maximum atomic E-state index is 11.4. The van der Waals surface area contributed by atoms with Crippen LogP contribution in [0.5, 0.6) is 0 Å². The molecule has 0 atom stereocenters. The van der Waals surface area contributed by atoms with Crippen LogP contribution in [0.3, 0.4) is 0 Å². The van der Waals surface area contributed by atoms with E-state index in [4.69, 9.17) is 0 Å². The van der Waals surface area contributed by atoms with Gasteiger partial charge in [0.25, 0.3) is 5.56 Å². The zero-order valence-electron chi connectivity index (χ0n) is 16.3. The number of aryl methyl sites for hydroxylation is 4. The Kier molecular flexibility index (Phi) is 12.9. The van der Waals surface area contributed by atoms with Crippen LogP contribution in [0.25, 0.3) is 0 Å². The van der Waals surface area contributed by atoms with Gasteiger partial charge in [0.05, 0.1) is 5.69 Å². The summed E-state index contributed by atoms with van der Waals surface area (Å²) < 4.78 is 3.27. The summed E-state index contributed by atoms with van der Waals surface area (Å²) in [6.45, 7) is 8.92. The highest BCUT2D eigenvalue weighted by atomic mass is 32.2. The first-order chi connectivity index (χ1) is 12.0. The zero-order valence-corrected chi connectivity index (χ0v) is 17.9. The quantitative estimate of drug-likeness (QED) is 0.791. The Hall–Kier alpha value is -1.74. The molecule has 0 aliphatic carbocycles. The summed E-state index contributed by atoms with van der Waals surface area (Å²) in [5, 5.41) is 7.35. The van der Waals surface area contributed by atoms with Crippen molar-refractivity contribution >= 4 is 33.8 Å². The van der Waals surface area contributed by atoms with E-state index >= 15 is 0 Å². The SMILES string of the molecule is C.C.CC(=O)SCc1c(C)[nH]n(C)c1=O.CC(=O)SCc1c(C)nn(C)c1C. The van der Waals surface area contributed by atoms with Crippen molar-refractivity contribution in [1.82, 2.24) is 19.6 Å². The van der Waals surface area contributed by atoms with Crippen LogP contribution in [0.4, 0.5) is 0 Å². The molecule has 0 bridgehead atoms. The van der Waals surface area contributed by atoms with E-state index in [0.29, 0.717) is 11.3 Å². The van der Waals surface area contributed by atoms with Crippen molar-refractivity contribution in [2.45, 2.75) is 61.0 Å². The molecule has 0 amide bonds. The van der Waals surface area contributed by atoms with Gasteiger partial charge in [-0.15, -0.1) is 0 Å². The molecule has 160 valence electrons. The van der Waals surface area contributed by atoms with E-state index in [0.717, 1.165) is 34.6 Å². The van der Waals surface area contributed by atoms with Crippen molar-refractivity contribution in [2.24, 2.45) is 14.1 Å². The number of hydrogen-bond donors (Lipinski definition) is 1. The molecule has 2 heterocycles. The third kappa shape index (κ3) is 8.10. The molecule has 28 heavy (non-hydrogen) atoms. The molecule has 0 radical (unpaired) electrons. The monoisotopic (exact) mass is 430 g/mol. The molecule has 1 N–H and O–H groups in total. The number of carbonyl (C=O) groups excluding carboxylic acids is 2. The van der Waals surface area contributed by atoms with E-state index in [-0.39, 0.29) is 30.6 Å². The Morgan fingerprint density at radius 1 is 0.964 bits per heavy atom. The van der Waals surface area contributed by atoms with E-state index in [1.54, 1.807) is 14.0 Å². The predicted octanol–water partition coefficient (Wildman–Crippen LogP) is 3.89. The Balaban J connectivity index is 0. The number of rotatable bonds is 4. The minimum atomic E-state index is -0.0498. The lowest BCUT2D eigenvalue weighted by Gasteiger charge is -1.98. The highest BCUT2D eigenvalue weighted by Gasteiger charge is 2.10. The van der Waals surface area contributed by atoms with Crippen molar-refractivity contribution in [1.29, 1.82) is 0 Å². The number of nitrogens with one attached hydrogen (secondary N) is 1. The molecule has 0 aliphatic heterocycles. The maximum absolute atomic E-state index is 11.4. The van der Waals surface area contributed by atoms with Crippen molar-refractivity contribution in [3.8, 4) is 0 Å². The fraction of sp³-hybridized carbons (Fsp3) is 0.579. The molecule has 0 fully saturated rings. The topological polar surface area (TPSA) is 89.8 Å². The smallest absolute Gasteiger partial charge is 0.270 e. The average molecular weight is 431 g/mol. The minimum Gasteiger partial charge on any atom is -0.300 e. The lowest BCUT2D eigenvalue weighted by atomic mass is 10.2. The molecule has 0 saturated heterocycles. The van der Waals surface area contributed by atoms with Gasteiger partial charge in [-0.2, -0.15) is 5.10 Å². The molecule has 0 spiro atoms. The summed E-state index contributed by atoms with van der Waals surface area (Å²) in [5.74, 6) is 1.19. The van der Waals surface area contributed by atoms with Crippen LogP contribution in [-0.4, -0.2) is 29.8 Å². The second kappa shape index (κ2) is 12.7. The summed E-state index contributed by atoms with van der Waals surface area (Å²) in [7, 11) is 3.58. The molecule has 7 nitrogen and oxygen atoms in total. The van der Waals surface area contributed by atoms with Crippen LogP contribution in [0.1, 0.15) is 56.9 Å². The van der Waals surface area contributed by atoms with Gasteiger partial charge in [0.15, 0.2) is 10.2 Å². The molecule has 2 rings (SSSR count). The maximum Gasteiger partial charge on any atom is 0.270 e. The van der Waals surface area contributed by atoms with Gasteiger partial charge in [0.1, 0.15) is 0 Å². The third-order valence-electron chi connectivity index (χ3n) is 3.85. The van der Waals surface area contributed by atoms with Gasteiger partial charge in [-0.1, -0.05) is 38.4 Å². The minimum absolute atomic E-state index is 0. The van der Waals surface area contributed by atoms with Crippen molar-refractivity contribution in [3.63, 3.8) is 0 Å². The van der Waals surface area contributed by atoms with Crippen LogP contribution in [-0.2, 0) is 35.2 Å². The highest BCUT2D eigenvalue weighted by Crippen LogP contribution is 2.19. The fourth-order valence-corrected chi connectivity index (χ4v) is 3.73. The van der Waals surface area contributed by atoms with Gasteiger partial charge < -0.3 is 0 Å². The first kappa shape index (κ1) is 28.5. The summed E-state index contributed by atoms with van der Waals surface area (Å²) in [4.78, 5) is 32.9. The summed E-state index contributed by atoms with van der Waals surface area (Å²) in [6, 6.07) is 0. The van der Waals surface area contributed by atoms with Gasteiger partial charge in [-0.25, -0.2) is 0 Å². The van der Waals surface area contributed by atoms with Crippen LogP contribution >= 0.6 is 23.5 Å². The molecule has 9 heteroatoms. The summed E-state index contributed by atoms with van der Waals surface area (Å²) in [5.41, 5.74) is 4.82. The average Bonchev–Trinajstić information content (AvgIpc) is 2.91. The number of thioether (sulfide) groups is 2. The Bertz CT molecular complexity index is 850. The Morgan fingerprint density at radius 3 is 1.75 bits per heavy atom. The molecule has 0 saturated carbocycles. The second-order valence-electron chi connectivity index (χ2n) is 5.91. The van der Waals surface area contributed by atoms with Gasteiger partial charge in [0.2, 0.25) is 0 Å². The van der Waals surface area contributed by atoms with E-state index in [9.17, 15) is 14.4 Å². The Morgan fingerprint density at radius 2 is 1.43 bits per heavy atom. The number of carbonyl (C=O) groups is 2. The predicted molar refractivity (Wildman–Crippen MR) is 121 cm³/mol. The number of hydrogen-bond acceptors (Lipinski definition) is 6.